The van der Waals surface area contributed by atoms with Crippen molar-refractivity contribution in [1.82, 2.24) is 14.8 Å². The summed E-state index contributed by atoms with van der Waals surface area (Å²) in [5.74, 6) is 0.458. The van der Waals surface area contributed by atoms with Crippen LogP contribution in [0.5, 0.6) is 0 Å². The zero-order valence-corrected chi connectivity index (χ0v) is 18.7. The van der Waals surface area contributed by atoms with E-state index in [4.69, 9.17) is 4.74 Å². The van der Waals surface area contributed by atoms with Gasteiger partial charge >= 0.3 is 5.97 Å². The van der Waals surface area contributed by atoms with Crippen LogP contribution >= 0.6 is 11.8 Å². The largest absolute Gasteiger partial charge is 0.462 e. The van der Waals surface area contributed by atoms with Gasteiger partial charge in [-0.1, -0.05) is 48.5 Å². The molecule has 0 radical (unpaired) electrons. The molecule has 1 aromatic heterocycles. The number of nitrogens with one attached hydrogen (secondary N) is 1. The van der Waals surface area contributed by atoms with Gasteiger partial charge in [0, 0.05) is 5.69 Å². The Hall–Kier alpha value is -2.87. The smallest absolute Gasteiger partial charge is 0.316 e. The second-order valence-electron chi connectivity index (χ2n) is 7.87. The van der Waals surface area contributed by atoms with Crippen molar-refractivity contribution >= 4 is 23.4 Å². The monoisotopic (exact) mass is 454 g/mol. The molecule has 1 fully saturated rings. The average Bonchev–Trinajstić information content (AvgIpc) is 3.20. The zero-order chi connectivity index (χ0) is 22.2. The quantitative estimate of drug-likeness (QED) is 0.361. The average molecular weight is 455 g/mol. The van der Waals surface area contributed by atoms with E-state index >= 15 is 0 Å². The van der Waals surface area contributed by atoms with Gasteiger partial charge in [-0.3, -0.25) is 4.79 Å². The number of anilines is 1. The Morgan fingerprint density at radius 1 is 1.06 bits per heavy atom. The van der Waals surface area contributed by atoms with Crippen LogP contribution in [0.25, 0.3) is 0 Å². The van der Waals surface area contributed by atoms with Crippen molar-refractivity contribution in [3.8, 4) is 0 Å². The van der Waals surface area contributed by atoms with E-state index in [1.54, 1.807) is 12.1 Å². The number of thioether (sulfide) groups is 1. The first-order valence-electron chi connectivity index (χ1n) is 10.9. The third kappa shape index (κ3) is 6.32. The summed E-state index contributed by atoms with van der Waals surface area (Å²) in [4.78, 5) is 12.4. The lowest BCUT2D eigenvalue weighted by molar-refractivity contribution is -0.147. The van der Waals surface area contributed by atoms with E-state index in [-0.39, 0.29) is 23.6 Å². The van der Waals surface area contributed by atoms with E-state index < -0.39 is 0 Å². The lowest BCUT2D eigenvalue weighted by Gasteiger charge is -2.21. The molecular weight excluding hydrogens is 427 g/mol. The summed E-state index contributed by atoms with van der Waals surface area (Å²) in [6.45, 7) is 1.02. The van der Waals surface area contributed by atoms with Gasteiger partial charge < -0.3 is 14.6 Å². The van der Waals surface area contributed by atoms with Crippen LogP contribution in [0.3, 0.4) is 0 Å². The number of carbonyl (C=O) groups excluding carboxylic acids is 1. The molecule has 6 nitrogen and oxygen atoms in total. The maximum Gasteiger partial charge on any atom is 0.316 e. The molecule has 0 spiro atoms. The Kier molecular flexibility index (Phi) is 7.77. The molecule has 1 aliphatic carbocycles. The minimum Gasteiger partial charge on any atom is -0.462 e. The molecule has 1 N–H and O–H groups in total. The zero-order valence-electron chi connectivity index (χ0n) is 17.9. The summed E-state index contributed by atoms with van der Waals surface area (Å²) in [5.41, 5.74) is 1.91. The van der Waals surface area contributed by atoms with Gasteiger partial charge in [-0.25, -0.2) is 4.39 Å². The number of hydrogen-bond acceptors (Lipinski definition) is 6. The Labute approximate surface area is 191 Å². The summed E-state index contributed by atoms with van der Waals surface area (Å²) in [5, 5.41) is 12.6. The van der Waals surface area contributed by atoms with Crippen LogP contribution in [0.4, 0.5) is 10.1 Å². The molecule has 4 rings (SSSR count). The van der Waals surface area contributed by atoms with Crippen LogP contribution in [0, 0.1) is 5.82 Å². The van der Waals surface area contributed by atoms with Crippen LogP contribution in [-0.2, 0) is 22.6 Å². The minimum atomic E-state index is -0.276. The molecule has 32 heavy (non-hydrogen) atoms. The number of aromatic nitrogens is 3. The highest BCUT2D eigenvalue weighted by molar-refractivity contribution is 7.99. The van der Waals surface area contributed by atoms with Crippen molar-refractivity contribution in [2.45, 2.75) is 56.5 Å². The molecule has 0 bridgehead atoms. The number of esters is 1. The van der Waals surface area contributed by atoms with E-state index in [0.29, 0.717) is 18.2 Å². The van der Waals surface area contributed by atoms with Crippen LogP contribution in [-0.4, -0.2) is 32.6 Å². The van der Waals surface area contributed by atoms with Gasteiger partial charge in [0.1, 0.15) is 11.9 Å². The minimum absolute atomic E-state index is 0.0505. The molecule has 0 amide bonds. The first-order chi connectivity index (χ1) is 15.7. The van der Waals surface area contributed by atoms with Gasteiger partial charge in [-0.2, -0.15) is 0 Å². The summed E-state index contributed by atoms with van der Waals surface area (Å²) >= 11 is 1.34. The molecule has 3 aromatic rings. The second kappa shape index (κ2) is 11.1. The molecular formula is C24H27FN4O2S. The molecule has 168 valence electrons. The third-order valence-corrected chi connectivity index (χ3v) is 6.38. The van der Waals surface area contributed by atoms with Gasteiger partial charge in [0.15, 0.2) is 11.0 Å². The molecule has 1 saturated carbocycles. The highest BCUT2D eigenvalue weighted by atomic mass is 32.2. The molecule has 1 aliphatic rings. The highest BCUT2D eigenvalue weighted by Crippen LogP contribution is 2.23. The number of carbonyl (C=O) groups is 1. The number of benzene rings is 2. The van der Waals surface area contributed by atoms with Gasteiger partial charge in [0.25, 0.3) is 0 Å². The van der Waals surface area contributed by atoms with Crippen molar-refractivity contribution in [2.75, 3.05) is 11.1 Å². The fourth-order valence-corrected chi connectivity index (χ4v) is 4.50. The molecule has 1 heterocycles. The predicted octanol–water partition coefficient (Wildman–Crippen LogP) is 5.05. The lowest BCUT2D eigenvalue weighted by Crippen LogP contribution is -2.22. The van der Waals surface area contributed by atoms with Gasteiger partial charge in [-0.15, -0.1) is 10.2 Å². The van der Waals surface area contributed by atoms with E-state index in [9.17, 15) is 9.18 Å². The summed E-state index contributed by atoms with van der Waals surface area (Å²) < 4.78 is 20.8. The third-order valence-electron chi connectivity index (χ3n) is 5.44. The molecule has 2 aromatic carbocycles. The van der Waals surface area contributed by atoms with Crippen LogP contribution in [0.1, 0.15) is 43.5 Å². The molecule has 0 aliphatic heterocycles. The summed E-state index contributed by atoms with van der Waals surface area (Å²) in [7, 11) is 0. The number of ether oxygens (including phenoxy) is 1. The van der Waals surface area contributed by atoms with E-state index in [2.05, 4.69) is 15.5 Å². The summed E-state index contributed by atoms with van der Waals surface area (Å²) in [6, 6.07) is 16.2. The number of hydrogen-bond donors (Lipinski definition) is 1. The summed E-state index contributed by atoms with van der Waals surface area (Å²) in [6.07, 6.45) is 5.44. The van der Waals surface area contributed by atoms with Crippen molar-refractivity contribution in [3.05, 3.63) is 71.8 Å². The van der Waals surface area contributed by atoms with Crippen molar-refractivity contribution in [2.24, 2.45) is 0 Å². The maximum absolute atomic E-state index is 13.2. The Balaban J connectivity index is 1.43. The first kappa shape index (κ1) is 22.3. The number of halogens is 1. The molecule has 0 saturated heterocycles. The normalized spacial score (nSPS) is 14.3. The van der Waals surface area contributed by atoms with E-state index in [1.165, 1.54) is 30.3 Å². The lowest BCUT2D eigenvalue weighted by atomic mass is 9.98. The Bertz CT molecular complexity index is 1000. The topological polar surface area (TPSA) is 69.0 Å². The fourth-order valence-electron chi connectivity index (χ4n) is 3.76. The molecule has 0 unspecified atom stereocenters. The van der Waals surface area contributed by atoms with Crippen molar-refractivity contribution in [1.29, 1.82) is 0 Å². The van der Waals surface area contributed by atoms with Crippen molar-refractivity contribution in [3.63, 3.8) is 0 Å². The maximum atomic E-state index is 13.2. The molecule has 0 atom stereocenters. The van der Waals surface area contributed by atoms with Gasteiger partial charge in [0.2, 0.25) is 0 Å². The van der Waals surface area contributed by atoms with Crippen LogP contribution < -0.4 is 5.32 Å². The predicted molar refractivity (Wildman–Crippen MR) is 123 cm³/mol. The van der Waals surface area contributed by atoms with Crippen LogP contribution in [0.2, 0.25) is 0 Å². The number of rotatable bonds is 9. The Morgan fingerprint density at radius 3 is 2.56 bits per heavy atom. The van der Waals surface area contributed by atoms with Crippen LogP contribution in [0.15, 0.2) is 59.8 Å². The van der Waals surface area contributed by atoms with Gasteiger partial charge in [-0.05, 0) is 55.5 Å². The number of nitrogens with zero attached hydrogens (tertiary/aromatic N) is 3. The fraction of sp³-hybridized carbons (Fsp3) is 0.375. The molecule has 8 heteroatoms. The first-order valence-corrected chi connectivity index (χ1v) is 11.9. The highest BCUT2D eigenvalue weighted by Gasteiger charge is 2.19. The van der Waals surface area contributed by atoms with E-state index in [1.807, 2.05) is 34.9 Å². The van der Waals surface area contributed by atoms with Gasteiger partial charge in [0.05, 0.1) is 18.8 Å². The second-order valence-corrected chi connectivity index (χ2v) is 8.81. The SMILES string of the molecule is O=C(CSc1nnc(CNc2ccc(F)cc2)n1Cc1ccccc1)OC1CCCCC1. The van der Waals surface area contributed by atoms with E-state index in [0.717, 1.165) is 42.8 Å². The Morgan fingerprint density at radius 2 is 1.81 bits per heavy atom. The van der Waals surface area contributed by atoms with Crippen molar-refractivity contribution < 1.29 is 13.9 Å². The standard InChI is InChI=1S/C24H27FN4O2S/c25-19-11-13-20(14-12-19)26-15-22-27-28-24(29(22)16-18-7-3-1-4-8-18)32-17-23(30)31-21-9-5-2-6-10-21/h1,3-4,7-8,11-14,21,26H,2,5-6,9-10,15-17H2.